The standard InChI is InChI=1S/C14H17N3O4/c15-12(18)11-4-5-17(8-11)14(21)16-7-9-2-1-3-10(6-9)13(19)20/h1-3,6,11H,4-5,7-8H2,(H2,15,18)(H,16,21)(H,19,20). The number of aromatic carboxylic acids is 1. The third kappa shape index (κ3) is 3.71. The highest BCUT2D eigenvalue weighted by Crippen LogP contribution is 2.15. The Hall–Kier alpha value is -2.57. The minimum Gasteiger partial charge on any atom is -0.478 e. The number of rotatable bonds is 4. The smallest absolute Gasteiger partial charge is 0.335 e. The van der Waals surface area contributed by atoms with E-state index in [9.17, 15) is 14.4 Å². The molecule has 0 aliphatic carbocycles. The average molecular weight is 291 g/mol. The summed E-state index contributed by atoms with van der Waals surface area (Å²) < 4.78 is 0. The molecule has 0 radical (unpaired) electrons. The molecule has 1 aliphatic rings. The molecule has 1 unspecified atom stereocenters. The summed E-state index contributed by atoms with van der Waals surface area (Å²) in [6.45, 7) is 1.06. The summed E-state index contributed by atoms with van der Waals surface area (Å²) in [5.41, 5.74) is 6.10. The monoisotopic (exact) mass is 291 g/mol. The van der Waals surface area contributed by atoms with Crippen LogP contribution in [0.25, 0.3) is 0 Å². The number of hydrogen-bond donors (Lipinski definition) is 3. The average Bonchev–Trinajstić information content (AvgIpc) is 2.95. The van der Waals surface area contributed by atoms with E-state index >= 15 is 0 Å². The van der Waals surface area contributed by atoms with Crippen LogP contribution in [0.15, 0.2) is 24.3 Å². The lowest BCUT2D eigenvalue weighted by Gasteiger charge is -2.17. The highest BCUT2D eigenvalue weighted by atomic mass is 16.4. The second kappa shape index (κ2) is 6.25. The van der Waals surface area contributed by atoms with Gasteiger partial charge in [-0.05, 0) is 24.1 Å². The van der Waals surface area contributed by atoms with Gasteiger partial charge >= 0.3 is 12.0 Å². The molecule has 0 saturated carbocycles. The number of carbonyl (C=O) groups excluding carboxylic acids is 2. The predicted molar refractivity (Wildman–Crippen MR) is 74.5 cm³/mol. The van der Waals surface area contributed by atoms with E-state index in [-0.39, 0.29) is 30.0 Å². The zero-order valence-electron chi connectivity index (χ0n) is 11.4. The molecular weight excluding hydrogens is 274 g/mol. The number of nitrogens with one attached hydrogen (secondary N) is 1. The Kier molecular flexibility index (Phi) is 4.42. The summed E-state index contributed by atoms with van der Waals surface area (Å²) in [5.74, 6) is -1.68. The Morgan fingerprint density at radius 1 is 1.38 bits per heavy atom. The number of carboxylic acid groups (broad SMARTS) is 1. The number of carboxylic acids is 1. The minimum absolute atomic E-state index is 0.178. The molecule has 112 valence electrons. The Balaban J connectivity index is 1.88. The number of urea groups is 1. The van der Waals surface area contributed by atoms with Crippen molar-refractivity contribution in [1.29, 1.82) is 0 Å². The lowest BCUT2D eigenvalue weighted by atomic mass is 10.1. The molecule has 1 aromatic carbocycles. The minimum atomic E-state index is -1.01. The number of hydrogen-bond acceptors (Lipinski definition) is 3. The van der Waals surface area contributed by atoms with Crippen molar-refractivity contribution in [2.45, 2.75) is 13.0 Å². The van der Waals surface area contributed by atoms with Gasteiger partial charge in [0, 0.05) is 19.6 Å². The molecule has 0 spiro atoms. The maximum atomic E-state index is 12.0. The van der Waals surface area contributed by atoms with Crippen molar-refractivity contribution in [3.63, 3.8) is 0 Å². The summed E-state index contributed by atoms with van der Waals surface area (Å²) in [7, 11) is 0. The summed E-state index contributed by atoms with van der Waals surface area (Å²) >= 11 is 0. The van der Waals surface area contributed by atoms with Gasteiger partial charge in [0.2, 0.25) is 5.91 Å². The summed E-state index contributed by atoms with van der Waals surface area (Å²) in [5, 5.41) is 11.6. The van der Waals surface area contributed by atoms with E-state index in [0.29, 0.717) is 25.1 Å². The number of carbonyl (C=O) groups is 3. The van der Waals surface area contributed by atoms with Gasteiger partial charge in [-0.2, -0.15) is 0 Å². The van der Waals surface area contributed by atoms with Crippen LogP contribution in [0, 0.1) is 5.92 Å². The van der Waals surface area contributed by atoms with Crippen molar-refractivity contribution in [1.82, 2.24) is 10.2 Å². The second-order valence-corrected chi connectivity index (χ2v) is 5.00. The van der Waals surface area contributed by atoms with Gasteiger partial charge in [-0.3, -0.25) is 4.79 Å². The summed E-state index contributed by atoms with van der Waals surface area (Å²) in [6, 6.07) is 6.09. The SMILES string of the molecule is NC(=O)C1CCN(C(=O)NCc2cccc(C(=O)O)c2)C1. The zero-order chi connectivity index (χ0) is 15.4. The number of nitrogens with zero attached hydrogens (tertiary/aromatic N) is 1. The molecule has 0 aromatic heterocycles. The molecule has 3 amide bonds. The van der Waals surface area contributed by atoms with E-state index in [4.69, 9.17) is 10.8 Å². The van der Waals surface area contributed by atoms with Crippen molar-refractivity contribution in [2.24, 2.45) is 11.7 Å². The van der Waals surface area contributed by atoms with E-state index < -0.39 is 5.97 Å². The first-order chi connectivity index (χ1) is 9.97. The van der Waals surface area contributed by atoms with Gasteiger partial charge in [0.15, 0.2) is 0 Å². The van der Waals surface area contributed by atoms with Crippen LogP contribution < -0.4 is 11.1 Å². The van der Waals surface area contributed by atoms with Crippen LogP contribution in [-0.4, -0.2) is 41.0 Å². The van der Waals surface area contributed by atoms with Crippen LogP contribution in [0.3, 0.4) is 0 Å². The van der Waals surface area contributed by atoms with E-state index in [1.165, 1.54) is 17.0 Å². The van der Waals surface area contributed by atoms with Crippen molar-refractivity contribution in [3.05, 3.63) is 35.4 Å². The summed E-state index contributed by atoms with van der Waals surface area (Å²) in [4.78, 5) is 35.4. The normalized spacial score (nSPS) is 17.5. The fraction of sp³-hybridized carbons (Fsp3) is 0.357. The van der Waals surface area contributed by atoms with Crippen LogP contribution in [0.4, 0.5) is 4.79 Å². The first-order valence-corrected chi connectivity index (χ1v) is 6.61. The molecule has 7 nitrogen and oxygen atoms in total. The lowest BCUT2D eigenvalue weighted by molar-refractivity contribution is -0.121. The van der Waals surface area contributed by atoms with Gasteiger partial charge in [0.1, 0.15) is 0 Å². The Morgan fingerprint density at radius 3 is 2.76 bits per heavy atom. The number of benzene rings is 1. The van der Waals surface area contributed by atoms with Crippen molar-refractivity contribution >= 4 is 17.9 Å². The fourth-order valence-electron chi connectivity index (χ4n) is 2.28. The molecule has 1 atom stereocenters. The zero-order valence-corrected chi connectivity index (χ0v) is 11.4. The molecule has 1 fully saturated rings. The topological polar surface area (TPSA) is 113 Å². The molecule has 4 N–H and O–H groups in total. The number of amides is 3. The second-order valence-electron chi connectivity index (χ2n) is 5.00. The van der Waals surface area contributed by atoms with Crippen LogP contribution in [0.5, 0.6) is 0 Å². The van der Waals surface area contributed by atoms with Gasteiger partial charge in [0.25, 0.3) is 0 Å². The molecule has 1 heterocycles. The van der Waals surface area contributed by atoms with Crippen LogP contribution >= 0.6 is 0 Å². The van der Waals surface area contributed by atoms with Gasteiger partial charge < -0.3 is 21.1 Å². The molecule has 21 heavy (non-hydrogen) atoms. The van der Waals surface area contributed by atoms with Gasteiger partial charge in [-0.25, -0.2) is 9.59 Å². The maximum absolute atomic E-state index is 12.0. The molecule has 0 bridgehead atoms. The Morgan fingerprint density at radius 2 is 2.14 bits per heavy atom. The molecule has 1 aromatic rings. The predicted octanol–water partition coefficient (Wildman–Crippen LogP) is 0.402. The van der Waals surface area contributed by atoms with Crippen LogP contribution in [-0.2, 0) is 11.3 Å². The summed E-state index contributed by atoms with van der Waals surface area (Å²) in [6.07, 6.45) is 0.581. The van der Waals surface area contributed by atoms with E-state index in [0.717, 1.165) is 0 Å². The number of primary amides is 1. The van der Waals surface area contributed by atoms with Crippen molar-refractivity contribution < 1.29 is 19.5 Å². The maximum Gasteiger partial charge on any atom is 0.335 e. The number of likely N-dealkylation sites (tertiary alicyclic amines) is 1. The van der Waals surface area contributed by atoms with Crippen LogP contribution in [0.2, 0.25) is 0 Å². The quantitative estimate of drug-likeness (QED) is 0.745. The van der Waals surface area contributed by atoms with Crippen molar-refractivity contribution in [2.75, 3.05) is 13.1 Å². The third-order valence-electron chi connectivity index (χ3n) is 3.50. The third-order valence-corrected chi connectivity index (χ3v) is 3.50. The van der Waals surface area contributed by atoms with Gasteiger partial charge in [-0.15, -0.1) is 0 Å². The van der Waals surface area contributed by atoms with Gasteiger partial charge in [0.05, 0.1) is 11.5 Å². The first-order valence-electron chi connectivity index (χ1n) is 6.61. The van der Waals surface area contributed by atoms with Crippen molar-refractivity contribution in [3.8, 4) is 0 Å². The van der Waals surface area contributed by atoms with E-state index in [1.807, 2.05) is 0 Å². The molecular formula is C14H17N3O4. The van der Waals surface area contributed by atoms with Crippen LogP contribution in [0.1, 0.15) is 22.3 Å². The Labute approximate surface area is 121 Å². The van der Waals surface area contributed by atoms with Gasteiger partial charge in [-0.1, -0.05) is 12.1 Å². The highest BCUT2D eigenvalue weighted by molar-refractivity contribution is 5.87. The number of nitrogens with two attached hydrogens (primary N) is 1. The first kappa shape index (κ1) is 14.8. The highest BCUT2D eigenvalue weighted by Gasteiger charge is 2.29. The molecule has 2 rings (SSSR count). The lowest BCUT2D eigenvalue weighted by Crippen LogP contribution is -2.39. The van der Waals surface area contributed by atoms with E-state index in [2.05, 4.69) is 5.32 Å². The molecule has 7 heteroatoms. The van der Waals surface area contributed by atoms with E-state index in [1.54, 1.807) is 12.1 Å². The largest absolute Gasteiger partial charge is 0.478 e. The molecule has 1 saturated heterocycles. The molecule has 1 aliphatic heterocycles. The fourth-order valence-corrected chi connectivity index (χ4v) is 2.28. The Bertz CT molecular complexity index is 573.